The Hall–Kier alpha value is -0.650. The summed E-state index contributed by atoms with van der Waals surface area (Å²) >= 11 is 0. The minimum atomic E-state index is -0.667. The number of aliphatic hydroxyl groups is 6. The molecule has 1 heterocycles. The van der Waals surface area contributed by atoms with Crippen LogP contribution in [-0.2, 0) is 14.3 Å². The van der Waals surface area contributed by atoms with Crippen molar-refractivity contribution in [3.8, 4) is 0 Å². The summed E-state index contributed by atoms with van der Waals surface area (Å²) < 4.78 is 11.2. The third kappa shape index (κ3) is 11.2. The molecule has 9 heteroatoms. The molecule has 188 valence electrons. The van der Waals surface area contributed by atoms with Crippen molar-refractivity contribution >= 4 is 6.29 Å². The molecular formula is C22H46O9. The van der Waals surface area contributed by atoms with Gasteiger partial charge in [-0.05, 0) is 12.8 Å². The maximum absolute atomic E-state index is 9.90. The molecule has 0 atom stereocenters. The summed E-state index contributed by atoms with van der Waals surface area (Å²) in [5.74, 6) is 0. The van der Waals surface area contributed by atoms with Crippen LogP contribution in [0.15, 0.2) is 0 Å². The van der Waals surface area contributed by atoms with E-state index in [4.69, 9.17) is 29.9 Å². The van der Waals surface area contributed by atoms with Gasteiger partial charge in [-0.3, -0.25) is 0 Å². The van der Waals surface area contributed by atoms with E-state index in [1.807, 2.05) is 27.7 Å². The molecule has 9 nitrogen and oxygen atoms in total. The zero-order valence-corrected chi connectivity index (χ0v) is 20.1. The quantitative estimate of drug-likeness (QED) is 0.256. The van der Waals surface area contributed by atoms with Crippen molar-refractivity contribution in [2.45, 2.75) is 60.7 Å². The molecule has 0 amide bonds. The van der Waals surface area contributed by atoms with E-state index in [0.29, 0.717) is 19.6 Å². The Morgan fingerprint density at radius 3 is 1.45 bits per heavy atom. The molecule has 0 spiro atoms. The molecule has 0 saturated carbocycles. The molecule has 1 rings (SSSR count). The Morgan fingerprint density at radius 1 is 0.839 bits per heavy atom. The first-order valence-electron chi connectivity index (χ1n) is 10.7. The zero-order chi connectivity index (χ0) is 24.8. The zero-order valence-electron chi connectivity index (χ0n) is 20.1. The Kier molecular flexibility index (Phi) is 16.0. The predicted molar refractivity (Wildman–Crippen MR) is 117 cm³/mol. The Labute approximate surface area is 187 Å². The van der Waals surface area contributed by atoms with Crippen LogP contribution in [0.1, 0.15) is 54.4 Å². The van der Waals surface area contributed by atoms with Crippen LogP contribution in [-0.4, -0.2) is 96.1 Å². The van der Waals surface area contributed by atoms with Gasteiger partial charge in [-0.2, -0.15) is 0 Å². The smallest absolute Gasteiger partial charge is 0.164 e. The van der Waals surface area contributed by atoms with Crippen LogP contribution >= 0.6 is 0 Å². The standard InChI is InChI=1S/C11H22O4.C6H14O3.C5H10O2/c1-4-11(6-13)7-14-9(15-8-11)10(2,3)5-12;1-2-6(3-7,4-8)5-9;1-5(2,3-6)4-7/h9,12-13H,4-8H2,1-3H3;7-9H,2-5H2,1H3;3,7H,4H2,1-2H3. The first kappa shape index (κ1) is 32.5. The van der Waals surface area contributed by atoms with Gasteiger partial charge in [-0.15, -0.1) is 0 Å². The maximum Gasteiger partial charge on any atom is 0.164 e. The average Bonchev–Trinajstić information content (AvgIpc) is 2.81. The molecule has 1 saturated heterocycles. The molecule has 6 N–H and O–H groups in total. The van der Waals surface area contributed by atoms with E-state index in [2.05, 4.69) is 0 Å². The fourth-order valence-electron chi connectivity index (χ4n) is 2.05. The molecule has 0 aromatic carbocycles. The summed E-state index contributed by atoms with van der Waals surface area (Å²) in [5.41, 5.74) is -1.86. The lowest BCUT2D eigenvalue weighted by molar-refractivity contribution is -0.279. The third-order valence-electron chi connectivity index (χ3n) is 5.70. The molecular weight excluding hydrogens is 408 g/mol. The molecule has 0 bridgehead atoms. The van der Waals surface area contributed by atoms with Gasteiger partial charge in [-0.25, -0.2) is 0 Å². The number of hydrogen-bond acceptors (Lipinski definition) is 9. The van der Waals surface area contributed by atoms with Gasteiger partial charge in [-0.1, -0.05) is 41.5 Å². The van der Waals surface area contributed by atoms with Crippen molar-refractivity contribution in [3.05, 3.63) is 0 Å². The van der Waals surface area contributed by atoms with Crippen LogP contribution < -0.4 is 0 Å². The Balaban J connectivity index is 0. The molecule has 0 aliphatic carbocycles. The first-order chi connectivity index (χ1) is 14.4. The number of aldehydes is 1. The molecule has 0 aromatic heterocycles. The second kappa shape index (κ2) is 15.2. The van der Waals surface area contributed by atoms with Gasteiger partial charge in [0.15, 0.2) is 6.29 Å². The second-order valence-corrected chi connectivity index (χ2v) is 9.70. The second-order valence-electron chi connectivity index (χ2n) is 9.70. The van der Waals surface area contributed by atoms with Gasteiger partial charge < -0.3 is 44.9 Å². The number of carbonyl (C=O) groups is 1. The van der Waals surface area contributed by atoms with Gasteiger partial charge in [0.1, 0.15) is 6.29 Å². The molecule has 0 aromatic rings. The van der Waals surface area contributed by atoms with E-state index in [1.54, 1.807) is 13.8 Å². The number of hydrogen-bond donors (Lipinski definition) is 6. The van der Waals surface area contributed by atoms with Crippen molar-refractivity contribution in [3.63, 3.8) is 0 Å². The van der Waals surface area contributed by atoms with Gasteiger partial charge in [0, 0.05) is 21.7 Å². The van der Waals surface area contributed by atoms with Crippen LogP contribution in [0, 0.1) is 21.7 Å². The molecule has 1 fully saturated rings. The van der Waals surface area contributed by atoms with E-state index in [1.165, 1.54) is 0 Å². The summed E-state index contributed by atoms with van der Waals surface area (Å²) in [7, 11) is 0. The van der Waals surface area contributed by atoms with E-state index in [-0.39, 0.29) is 51.3 Å². The summed E-state index contributed by atoms with van der Waals surface area (Å²) in [6, 6.07) is 0. The van der Waals surface area contributed by atoms with Gasteiger partial charge in [0.05, 0.1) is 52.9 Å². The molecule has 0 radical (unpaired) electrons. The number of aliphatic hydroxyl groups excluding tert-OH is 6. The predicted octanol–water partition coefficient (Wildman–Crippen LogP) is 0.330. The highest BCUT2D eigenvalue weighted by atomic mass is 16.7. The molecule has 0 unspecified atom stereocenters. The highest BCUT2D eigenvalue weighted by molar-refractivity contribution is 5.57. The minimum Gasteiger partial charge on any atom is -0.396 e. The monoisotopic (exact) mass is 454 g/mol. The molecule has 31 heavy (non-hydrogen) atoms. The Bertz CT molecular complexity index is 430. The molecule has 1 aliphatic rings. The van der Waals surface area contributed by atoms with Crippen LogP contribution in [0.25, 0.3) is 0 Å². The highest BCUT2D eigenvalue weighted by Crippen LogP contribution is 2.34. The number of carbonyl (C=O) groups excluding carboxylic acids is 1. The summed E-state index contributed by atoms with van der Waals surface area (Å²) in [6.07, 6.45) is 1.79. The van der Waals surface area contributed by atoms with Crippen LogP contribution in [0.4, 0.5) is 0 Å². The lowest BCUT2D eigenvalue weighted by Crippen LogP contribution is -2.49. The first-order valence-corrected chi connectivity index (χ1v) is 10.7. The van der Waals surface area contributed by atoms with Crippen LogP contribution in [0.3, 0.4) is 0 Å². The normalized spacial score (nSPS) is 22.0. The van der Waals surface area contributed by atoms with Crippen molar-refractivity contribution in [1.29, 1.82) is 0 Å². The summed E-state index contributed by atoms with van der Waals surface area (Å²) in [4.78, 5) is 9.90. The van der Waals surface area contributed by atoms with E-state index >= 15 is 0 Å². The number of rotatable bonds is 10. The lowest BCUT2D eigenvalue weighted by atomic mass is 9.86. The SMILES string of the molecule is CC(C)(C=O)CO.CCC(CO)(CO)CO.CCC1(CO)COC(C(C)(C)CO)OC1. The topological polar surface area (TPSA) is 157 Å². The number of ether oxygens (including phenoxy) is 2. The third-order valence-corrected chi connectivity index (χ3v) is 5.70. The van der Waals surface area contributed by atoms with Gasteiger partial charge in [0.25, 0.3) is 0 Å². The van der Waals surface area contributed by atoms with Gasteiger partial charge in [0.2, 0.25) is 0 Å². The van der Waals surface area contributed by atoms with Crippen LogP contribution in [0.5, 0.6) is 0 Å². The van der Waals surface area contributed by atoms with Crippen molar-refractivity contribution in [1.82, 2.24) is 0 Å². The lowest BCUT2D eigenvalue weighted by Gasteiger charge is -2.43. The van der Waals surface area contributed by atoms with E-state index in [9.17, 15) is 15.0 Å². The van der Waals surface area contributed by atoms with Crippen molar-refractivity contribution < 1.29 is 44.9 Å². The van der Waals surface area contributed by atoms with Crippen LogP contribution in [0.2, 0.25) is 0 Å². The Morgan fingerprint density at radius 2 is 1.29 bits per heavy atom. The average molecular weight is 455 g/mol. The fraction of sp³-hybridized carbons (Fsp3) is 0.955. The van der Waals surface area contributed by atoms with Crippen molar-refractivity contribution in [2.75, 3.05) is 52.9 Å². The minimum absolute atomic E-state index is 0.0237. The largest absolute Gasteiger partial charge is 0.396 e. The summed E-state index contributed by atoms with van der Waals surface area (Å²) in [6.45, 7) is 11.5. The summed E-state index contributed by atoms with van der Waals surface area (Å²) in [5, 5.41) is 52.8. The molecule has 1 aliphatic heterocycles. The maximum atomic E-state index is 9.90. The van der Waals surface area contributed by atoms with Gasteiger partial charge >= 0.3 is 0 Å². The van der Waals surface area contributed by atoms with E-state index in [0.717, 1.165) is 12.7 Å². The highest BCUT2D eigenvalue weighted by Gasteiger charge is 2.40. The fourth-order valence-corrected chi connectivity index (χ4v) is 2.05. The van der Waals surface area contributed by atoms with E-state index < -0.39 is 16.2 Å². The van der Waals surface area contributed by atoms with Crippen molar-refractivity contribution in [2.24, 2.45) is 21.7 Å².